The molecular weight excluding hydrogens is 561 g/mol. The molecule has 0 aromatic heterocycles. The zero-order valence-electron chi connectivity index (χ0n) is 23.1. The van der Waals surface area contributed by atoms with E-state index in [1.807, 2.05) is 62.4 Å². The summed E-state index contributed by atoms with van der Waals surface area (Å²) in [6, 6.07) is 25.6. The molecule has 0 aliphatic carbocycles. The van der Waals surface area contributed by atoms with Crippen molar-refractivity contribution in [1.82, 2.24) is 0 Å². The molecule has 0 bridgehead atoms. The van der Waals surface area contributed by atoms with Gasteiger partial charge in [0.2, 0.25) is 0 Å². The number of methoxy groups -OCH3 is 1. The molecule has 0 atom stereocenters. The fraction of sp³-hybridized carbons (Fsp3) is 0.152. The maximum Gasteiger partial charge on any atom is 0.416 e. The number of carbonyl (C=O) groups excluding carboxylic acids is 1. The molecule has 1 fully saturated rings. The van der Waals surface area contributed by atoms with E-state index in [4.69, 9.17) is 14.5 Å². The predicted octanol–water partition coefficient (Wildman–Crippen LogP) is 8.72. The lowest BCUT2D eigenvalue weighted by Gasteiger charge is -2.16. The van der Waals surface area contributed by atoms with Gasteiger partial charge in [0.05, 0.1) is 29.0 Å². The largest absolute Gasteiger partial charge is 0.493 e. The number of anilines is 1. The smallest absolute Gasteiger partial charge is 0.416 e. The van der Waals surface area contributed by atoms with Gasteiger partial charge in [-0.2, -0.15) is 13.2 Å². The van der Waals surface area contributed by atoms with Crippen LogP contribution in [-0.2, 0) is 17.6 Å². The van der Waals surface area contributed by atoms with Gasteiger partial charge < -0.3 is 9.47 Å². The Morgan fingerprint density at radius 1 is 0.881 bits per heavy atom. The van der Waals surface area contributed by atoms with Gasteiger partial charge in [0.25, 0.3) is 5.91 Å². The maximum atomic E-state index is 13.6. The van der Waals surface area contributed by atoms with Gasteiger partial charge in [-0.1, -0.05) is 53.6 Å². The van der Waals surface area contributed by atoms with Gasteiger partial charge in [0.1, 0.15) is 6.61 Å². The molecule has 9 heteroatoms. The molecule has 214 valence electrons. The Kier molecular flexibility index (Phi) is 8.40. The van der Waals surface area contributed by atoms with Crippen molar-refractivity contribution in [3.63, 3.8) is 0 Å². The van der Waals surface area contributed by atoms with Crippen molar-refractivity contribution in [3.8, 4) is 11.5 Å². The lowest BCUT2D eigenvalue weighted by Crippen LogP contribution is -2.28. The lowest BCUT2D eigenvalue weighted by atomic mass is 10.1. The van der Waals surface area contributed by atoms with E-state index in [2.05, 4.69) is 0 Å². The van der Waals surface area contributed by atoms with E-state index in [0.717, 1.165) is 28.9 Å². The van der Waals surface area contributed by atoms with Crippen LogP contribution in [0.5, 0.6) is 11.5 Å². The molecule has 5 rings (SSSR count). The molecule has 5 nitrogen and oxygen atoms in total. The third-order valence-electron chi connectivity index (χ3n) is 6.49. The maximum absolute atomic E-state index is 13.6. The topological polar surface area (TPSA) is 51.1 Å². The molecule has 0 spiro atoms. The second-order valence-electron chi connectivity index (χ2n) is 9.71. The summed E-state index contributed by atoms with van der Waals surface area (Å²) in [5, 5.41) is 0.534. The number of rotatable bonds is 7. The Bertz CT molecular complexity index is 1660. The lowest BCUT2D eigenvalue weighted by molar-refractivity contribution is -0.137. The number of hydrogen-bond acceptors (Lipinski definition) is 5. The number of benzene rings is 4. The molecule has 4 aromatic carbocycles. The molecule has 4 aromatic rings. The zero-order chi connectivity index (χ0) is 29.9. The number of hydrogen-bond donors (Lipinski definition) is 0. The SMILES string of the molecule is COc1cc(/C=C2/SC(=Nc3ccc(C)cc3)N(c3ccc(C)cc3)C2=O)ccc1OCc1cccc(C(F)(F)F)c1. The van der Waals surface area contributed by atoms with Gasteiger partial charge in [-0.25, -0.2) is 4.99 Å². The van der Waals surface area contributed by atoms with Crippen molar-refractivity contribution < 1.29 is 27.4 Å². The zero-order valence-corrected chi connectivity index (χ0v) is 23.9. The summed E-state index contributed by atoms with van der Waals surface area (Å²) in [5.41, 5.74) is 3.97. The molecule has 1 amide bonds. The van der Waals surface area contributed by atoms with Crippen LogP contribution in [-0.4, -0.2) is 18.2 Å². The molecule has 0 unspecified atom stereocenters. The van der Waals surface area contributed by atoms with Gasteiger partial charge in [0, 0.05) is 0 Å². The quantitative estimate of drug-likeness (QED) is 0.203. The van der Waals surface area contributed by atoms with Crippen molar-refractivity contribution in [2.75, 3.05) is 12.0 Å². The minimum absolute atomic E-state index is 0.0700. The van der Waals surface area contributed by atoms with Crippen LogP contribution in [0.15, 0.2) is 101 Å². The van der Waals surface area contributed by atoms with Gasteiger partial charge >= 0.3 is 6.18 Å². The van der Waals surface area contributed by atoms with Crippen LogP contribution >= 0.6 is 11.8 Å². The summed E-state index contributed by atoms with van der Waals surface area (Å²) >= 11 is 1.27. The Labute approximate surface area is 246 Å². The number of amidine groups is 1. The second-order valence-corrected chi connectivity index (χ2v) is 10.7. The summed E-state index contributed by atoms with van der Waals surface area (Å²) < 4.78 is 50.5. The summed E-state index contributed by atoms with van der Waals surface area (Å²) in [4.78, 5) is 20.5. The van der Waals surface area contributed by atoms with Crippen molar-refractivity contribution in [1.29, 1.82) is 0 Å². The Morgan fingerprint density at radius 2 is 1.57 bits per heavy atom. The van der Waals surface area contributed by atoms with Crippen LogP contribution in [0.3, 0.4) is 0 Å². The third-order valence-corrected chi connectivity index (χ3v) is 7.46. The van der Waals surface area contributed by atoms with Crippen LogP contribution < -0.4 is 14.4 Å². The first-order valence-electron chi connectivity index (χ1n) is 13.0. The first kappa shape index (κ1) is 29.0. The van der Waals surface area contributed by atoms with Crippen molar-refractivity contribution >= 4 is 40.3 Å². The summed E-state index contributed by atoms with van der Waals surface area (Å²) in [6.07, 6.45) is -2.68. The van der Waals surface area contributed by atoms with Crippen molar-refractivity contribution in [2.24, 2.45) is 4.99 Å². The number of alkyl halides is 3. The Morgan fingerprint density at radius 3 is 2.24 bits per heavy atom. The number of aliphatic imine (C=N–C) groups is 1. The molecule has 1 heterocycles. The molecule has 0 radical (unpaired) electrons. The van der Waals surface area contributed by atoms with Crippen molar-refractivity contribution in [2.45, 2.75) is 26.6 Å². The molecule has 1 aliphatic rings. The van der Waals surface area contributed by atoms with Gasteiger partial charge in [-0.3, -0.25) is 9.69 Å². The minimum Gasteiger partial charge on any atom is -0.493 e. The van der Waals surface area contributed by atoms with E-state index < -0.39 is 11.7 Å². The monoisotopic (exact) mass is 588 g/mol. The molecule has 1 saturated heterocycles. The Balaban J connectivity index is 1.41. The van der Waals surface area contributed by atoms with E-state index in [0.29, 0.717) is 38.4 Å². The second kappa shape index (κ2) is 12.2. The van der Waals surface area contributed by atoms with Crippen molar-refractivity contribution in [3.05, 3.63) is 124 Å². The number of carbonyl (C=O) groups is 1. The van der Waals surface area contributed by atoms with Crippen LogP contribution in [0.1, 0.15) is 27.8 Å². The molecular formula is C33H27F3N2O3S. The first-order valence-corrected chi connectivity index (χ1v) is 13.9. The fourth-order valence-electron chi connectivity index (χ4n) is 4.24. The van der Waals surface area contributed by atoms with E-state index in [-0.39, 0.29) is 12.5 Å². The van der Waals surface area contributed by atoms with Crippen LogP contribution in [0, 0.1) is 13.8 Å². The fourth-order valence-corrected chi connectivity index (χ4v) is 5.24. The van der Waals surface area contributed by atoms with Gasteiger partial charge in [0.15, 0.2) is 16.7 Å². The summed E-state index contributed by atoms with van der Waals surface area (Å²) in [5.74, 6) is 0.541. The highest BCUT2D eigenvalue weighted by molar-refractivity contribution is 8.19. The normalized spacial score (nSPS) is 15.5. The number of halogens is 3. The first-order chi connectivity index (χ1) is 20.1. The molecule has 42 heavy (non-hydrogen) atoms. The van der Waals surface area contributed by atoms with E-state index >= 15 is 0 Å². The van der Waals surface area contributed by atoms with E-state index in [1.54, 1.807) is 35.2 Å². The average Bonchev–Trinajstić information content (AvgIpc) is 3.27. The number of aryl methyl sites for hydroxylation is 2. The number of thioether (sulfide) groups is 1. The molecule has 0 N–H and O–H groups in total. The molecule has 1 aliphatic heterocycles. The summed E-state index contributed by atoms with van der Waals surface area (Å²) in [6.45, 7) is 3.91. The van der Waals surface area contributed by atoms with E-state index in [9.17, 15) is 18.0 Å². The number of nitrogens with zero attached hydrogens (tertiary/aromatic N) is 2. The minimum atomic E-state index is -4.43. The predicted molar refractivity (Wildman–Crippen MR) is 161 cm³/mol. The van der Waals surface area contributed by atoms with Crippen LogP contribution in [0.4, 0.5) is 24.5 Å². The standard InChI is InChI=1S/C33H27F3N2O3S/c1-21-7-12-26(13-8-21)37-32-38(27-14-9-22(2)10-15-27)31(39)30(42-32)19-23-11-16-28(29(18-23)40-3)41-20-24-5-4-6-25(17-24)33(34,35)36/h4-19H,20H2,1-3H3/b30-19+,37-32?. The third kappa shape index (κ3) is 6.69. The average molecular weight is 589 g/mol. The van der Waals surface area contributed by atoms with Crippen LogP contribution in [0.2, 0.25) is 0 Å². The number of ether oxygens (including phenoxy) is 2. The van der Waals surface area contributed by atoms with Gasteiger partial charge in [-0.15, -0.1) is 0 Å². The van der Waals surface area contributed by atoms with E-state index in [1.165, 1.54) is 24.9 Å². The highest BCUT2D eigenvalue weighted by Crippen LogP contribution is 2.39. The van der Waals surface area contributed by atoms with Gasteiger partial charge in [-0.05, 0) is 91.3 Å². The number of amides is 1. The van der Waals surface area contributed by atoms with Crippen LogP contribution in [0.25, 0.3) is 6.08 Å². The summed E-state index contributed by atoms with van der Waals surface area (Å²) in [7, 11) is 1.48. The highest BCUT2D eigenvalue weighted by Gasteiger charge is 2.35. The highest BCUT2D eigenvalue weighted by atomic mass is 32.2. The Hall–Kier alpha value is -4.50. The molecule has 0 saturated carbocycles.